The Kier molecular flexibility index (Phi) is 6.35. The minimum Gasteiger partial charge on any atom is -0.467 e. The molecule has 136 valence electrons. The van der Waals surface area contributed by atoms with Gasteiger partial charge in [-0.3, -0.25) is 4.79 Å². The van der Waals surface area contributed by atoms with Crippen molar-refractivity contribution >= 4 is 15.9 Å². The first kappa shape index (κ1) is 19.2. The van der Waals surface area contributed by atoms with E-state index in [1.54, 1.807) is 44.2 Å². The molecule has 1 amide bonds. The third-order valence-corrected chi connectivity index (χ3v) is 4.96. The summed E-state index contributed by atoms with van der Waals surface area (Å²) in [7, 11) is -3.44. The summed E-state index contributed by atoms with van der Waals surface area (Å²) in [6.07, 6.45) is 1.35. The van der Waals surface area contributed by atoms with E-state index in [-0.39, 0.29) is 30.8 Å². The van der Waals surface area contributed by atoms with Gasteiger partial charge in [-0.2, -0.15) is 0 Å². The standard InChI is InChI=1S/C17H23N3O4S/c1-12(2)20-25(22,23)11-14-6-4-3-5-13(14)9-19-17(21)15-7-16(8-18)24-10-15/h3-7,10,12,20H,8-9,11,18H2,1-2H3,(H,19,21). The van der Waals surface area contributed by atoms with Crippen molar-refractivity contribution in [1.82, 2.24) is 10.0 Å². The normalized spacial score (nSPS) is 11.7. The van der Waals surface area contributed by atoms with Crippen molar-refractivity contribution in [3.8, 4) is 0 Å². The second-order valence-electron chi connectivity index (χ2n) is 5.99. The molecule has 0 aliphatic rings. The Bertz CT molecular complexity index is 828. The van der Waals surface area contributed by atoms with Gasteiger partial charge in [0.15, 0.2) is 0 Å². The molecule has 0 saturated carbocycles. The van der Waals surface area contributed by atoms with Crippen molar-refractivity contribution in [2.45, 2.75) is 38.7 Å². The number of nitrogens with two attached hydrogens (primary N) is 1. The maximum absolute atomic E-state index is 12.1. The molecule has 2 rings (SSSR count). The van der Waals surface area contributed by atoms with E-state index in [0.717, 1.165) is 5.56 Å². The van der Waals surface area contributed by atoms with Crippen molar-refractivity contribution in [3.63, 3.8) is 0 Å². The monoisotopic (exact) mass is 365 g/mol. The van der Waals surface area contributed by atoms with Crippen LogP contribution in [0.2, 0.25) is 0 Å². The van der Waals surface area contributed by atoms with Crippen LogP contribution in [0.1, 0.15) is 41.1 Å². The van der Waals surface area contributed by atoms with Crippen LogP contribution in [0.3, 0.4) is 0 Å². The molecule has 1 aromatic carbocycles. The second kappa shape index (κ2) is 8.28. The summed E-state index contributed by atoms with van der Waals surface area (Å²) in [6, 6.07) is 8.52. The Labute approximate surface area is 147 Å². The average molecular weight is 365 g/mol. The summed E-state index contributed by atoms with van der Waals surface area (Å²) in [5.74, 6) is 0.0816. The van der Waals surface area contributed by atoms with E-state index < -0.39 is 10.0 Å². The summed E-state index contributed by atoms with van der Waals surface area (Å²) in [6.45, 7) is 3.97. The summed E-state index contributed by atoms with van der Waals surface area (Å²) >= 11 is 0. The zero-order valence-corrected chi connectivity index (χ0v) is 15.1. The average Bonchev–Trinajstić information content (AvgIpc) is 3.01. The number of hydrogen-bond acceptors (Lipinski definition) is 5. The fraction of sp³-hybridized carbons (Fsp3) is 0.353. The molecule has 0 unspecified atom stereocenters. The van der Waals surface area contributed by atoms with Crippen LogP contribution in [-0.4, -0.2) is 20.4 Å². The second-order valence-corrected chi connectivity index (χ2v) is 7.74. The summed E-state index contributed by atoms with van der Waals surface area (Å²) in [5.41, 5.74) is 7.22. The van der Waals surface area contributed by atoms with Gasteiger partial charge in [0.25, 0.3) is 5.91 Å². The lowest BCUT2D eigenvalue weighted by Crippen LogP contribution is -2.31. The summed E-state index contributed by atoms with van der Waals surface area (Å²) in [4.78, 5) is 12.1. The molecule has 4 N–H and O–H groups in total. The van der Waals surface area contributed by atoms with E-state index in [9.17, 15) is 13.2 Å². The van der Waals surface area contributed by atoms with Crippen LogP contribution in [-0.2, 0) is 28.9 Å². The van der Waals surface area contributed by atoms with Crippen LogP contribution in [0.25, 0.3) is 0 Å². The fourth-order valence-corrected chi connectivity index (χ4v) is 3.85. The lowest BCUT2D eigenvalue weighted by atomic mass is 10.1. The number of nitrogens with one attached hydrogen (secondary N) is 2. The van der Waals surface area contributed by atoms with E-state index in [4.69, 9.17) is 10.2 Å². The number of furan rings is 1. The SMILES string of the molecule is CC(C)NS(=O)(=O)Cc1ccccc1CNC(=O)c1coc(CN)c1. The Hall–Kier alpha value is -2.16. The molecule has 0 spiro atoms. The Morgan fingerprint density at radius 1 is 1.24 bits per heavy atom. The zero-order chi connectivity index (χ0) is 18.4. The highest BCUT2D eigenvalue weighted by molar-refractivity contribution is 7.88. The van der Waals surface area contributed by atoms with E-state index in [2.05, 4.69) is 10.0 Å². The third kappa shape index (κ3) is 5.70. The first-order valence-electron chi connectivity index (χ1n) is 7.93. The first-order chi connectivity index (χ1) is 11.8. The molecule has 1 aromatic heterocycles. The van der Waals surface area contributed by atoms with E-state index >= 15 is 0 Å². The molecule has 0 radical (unpaired) electrons. The molecule has 25 heavy (non-hydrogen) atoms. The Morgan fingerprint density at radius 2 is 1.92 bits per heavy atom. The summed E-state index contributed by atoms with van der Waals surface area (Å²) in [5, 5.41) is 2.76. The lowest BCUT2D eigenvalue weighted by Gasteiger charge is -2.13. The maximum Gasteiger partial charge on any atom is 0.254 e. The van der Waals surface area contributed by atoms with Gasteiger partial charge in [0.05, 0.1) is 17.9 Å². The van der Waals surface area contributed by atoms with Gasteiger partial charge in [-0.15, -0.1) is 0 Å². The van der Waals surface area contributed by atoms with Crippen LogP contribution in [0.5, 0.6) is 0 Å². The van der Waals surface area contributed by atoms with E-state index in [1.165, 1.54) is 6.26 Å². The van der Waals surface area contributed by atoms with Crippen molar-refractivity contribution in [2.24, 2.45) is 5.73 Å². The smallest absolute Gasteiger partial charge is 0.254 e. The van der Waals surface area contributed by atoms with Crippen LogP contribution in [0.15, 0.2) is 41.0 Å². The van der Waals surface area contributed by atoms with E-state index in [1.807, 2.05) is 0 Å². The third-order valence-electron chi connectivity index (χ3n) is 3.44. The van der Waals surface area contributed by atoms with E-state index in [0.29, 0.717) is 16.9 Å². The number of amides is 1. The lowest BCUT2D eigenvalue weighted by molar-refractivity contribution is 0.0950. The number of hydrogen-bond donors (Lipinski definition) is 3. The molecule has 0 saturated heterocycles. The molecule has 2 aromatic rings. The highest BCUT2D eigenvalue weighted by Crippen LogP contribution is 2.13. The molecule has 0 atom stereocenters. The first-order valence-corrected chi connectivity index (χ1v) is 9.58. The van der Waals surface area contributed by atoms with Crippen molar-refractivity contribution in [3.05, 3.63) is 59.0 Å². The predicted octanol–water partition coefficient (Wildman–Crippen LogP) is 1.50. The number of rotatable bonds is 8. The predicted molar refractivity (Wildman–Crippen MR) is 95.1 cm³/mol. The summed E-state index contributed by atoms with van der Waals surface area (Å²) < 4.78 is 32.0. The van der Waals surface area contributed by atoms with Gasteiger partial charge in [0, 0.05) is 12.6 Å². The zero-order valence-electron chi connectivity index (χ0n) is 14.3. The van der Waals surface area contributed by atoms with Crippen molar-refractivity contribution in [1.29, 1.82) is 0 Å². The minimum absolute atomic E-state index is 0.139. The molecule has 0 bridgehead atoms. The molecular formula is C17H23N3O4S. The Morgan fingerprint density at radius 3 is 2.52 bits per heavy atom. The molecule has 0 aliphatic carbocycles. The maximum atomic E-state index is 12.1. The molecule has 0 aliphatic heterocycles. The minimum atomic E-state index is -3.44. The highest BCUT2D eigenvalue weighted by Gasteiger charge is 2.16. The number of sulfonamides is 1. The van der Waals surface area contributed by atoms with Gasteiger partial charge in [-0.1, -0.05) is 24.3 Å². The van der Waals surface area contributed by atoms with Crippen LogP contribution >= 0.6 is 0 Å². The van der Waals surface area contributed by atoms with Crippen LogP contribution in [0.4, 0.5) is 0 Å². The largest absolute Gasteiger partial charge is 0.467 e. The molecule has 8 heteroatoms. The van der Waals surface area contributed by atoms with Gasteiger partial charge in [0.1, 0.15) is 12.0 Å². The van der Waals surface area contributed by atoms with Crippen molar-refractivity contribution in [2.75, 3.05) is 0 Å². The van der Waals surface area contributed by atoms with Gasteiger partial charge < -0.3 is 15.5 Å². The number of carbonyl (C=O) groups is 1. The van der Waals surface area contributed by atoms with Gasteiger partial charge in [-0.05, 0) is 31.0 Å². The molecule has 1 heterocycles. The molecular weight excluding hydrogens is 342 g/mol. The molecule has 7 nitrogen and oxygen atoms in total. The topological polar surface area (TPSA) is 114 Å². The number of benzene rings is 1. The number of carbonyl (C=O) groups excluding carboxylic acids is 1. The highest BCUT2D eigenvalue weighted by atomic mass is 32.2. The van der Waals surface area contributed by atoms with Crippen LogP contribution < -0.4 is 15.8 Å². The van der Waals surface area contributed by atoms with Gasteiger partial charge >= 0.3 is 0 Å². The van der Waals surface area contributed by atoms with Gasteiger partial charge in [-0.25, -0.2) is 13.1 Å². The van der Waals surface area contributed by atoms with Crippen molar-refractivity contribution < 1.29 is 17.6 Å². The quantitative estimate of drug-likeness (QED) is 0.656. The molecule has 0 fully saturated rings. The Balaban J connectivity index is 2.06. The fourth-order valence-electron chi connectivity index (χ4n) is 2.36. The van der Waals surface area contributed by atoms with Crippen LogP contribution in [0, 0.1) is 0 Å². The van der Waals surface area contributed by atoms with Gasteiger partial charge in [0.2, 0.25) is 10.0 Å².